The molecule has 1 nitrogen and oxygen atoms in total. The van der Waals surface area contributed by atoms with Crippen LogP contribution in [0, 0.1) is 5.82 Å². The van der Waals surface area contributed by atoms with E-state index < -0.39 is 5.82 Å². The first-order valence-corrected chi connectivity index (χ1v) is 7.44. The fourth-order valence-electron chi connectivity index (χ4n) is 1.79. The second-order valence-corrected chi connectivity index (χ2v) is 5.88. The van der Waals surface area contributed by atoms with Crippen LogP contribution in [0.4, 0.5) is 4.39 Å². The summed E-state index contributed by atoms with van der Waals surface area (Å²) < 4.78 is 13.2. The lowest BCUT2D eigenvalue weighted by Crippen LogP contribution is -1.82. The van der Waals surface area contributed by atoms with Crippen molar-refractivity contribution in [2.45, 2.75) is 0 Å². The summed E-state index contributed by atoms with van der Waals surface area (Å²) in [4.78, 5) is 4.55. The van der Waals surface area contributed by atoms with Gasteiger partial charge in [-0.15, -0.1) is 28.3 Å². The van der Waals surface area contributed by atoms with Crippen molar-refractivity contribution in [2.75, 3.05) is 0 Å². The average molecular weight is 405 g/mol. The molecule has 0 amide bonds. The normalized spacial score (nSPS) is 10.2. The van der Waals surface area contributed by atoms with Gasteiger partial charge in [-0.2, -0.15) is 0 Å². The van der Waals surface area contributed by atoms with Gasteiger partial charge in [-0.25, -0.2) is 9.37 Å². The Kier molecular flexibility index (Phi) is 5.38. The highest BCUT2D eigenvalue weighted by Gasteiger charge is 2.08. The number of halogens is 4. The highest BCUT2D eigenvalue weighted by molar-refractivity contribution is 8.93. The Morgan fingerprint density at radius 1 is 0.952 bits per heavy atom. The lowest BCUT2D eigenvalue weighted by Gasteiger charge is -1.99. The summed E-state index contributed by atoms with van der Waals surface area (Å²) in [6.45, 7) is 0. The Morgan fingerprint density at radius 2 is 1.62 bits per heavy atom. The van der Waals surface area contributed by atoms with E-state index in [9.17, 15) is 4.39 Å². The molecular formula is C15H9BrCl2FNS. The third kappa shape index (κ3) is 3.64. The summed E-state index contributed by atoms with van der Waals surface area (Å²) >= 11 is 13.1. The summed E-state index contributed by atoms with van der Waals surface area (Å²) in [7, 11) is 0. The molecule has 21 heavy (non-hydrogen) atoms. The van der Waals surface area contributed by atoms with E-state index in [1.807, 2.05) is 29.6 Å². The summed E-state index contributed by atoms with van der Waals surface area (Å²) in [5.74, 6) is -0.426. The van der Waals surface area contributed by atoms with Crippen LogP contribution in [0.25, 0.3) is 21.8 Å². The quantitative estimate of drug-likeness (QED) is 0.474. The molecule has 2 aromatic carbocycles. The Hall–Kier alpha value is -0.940. The lowest BCUT2D eigenvalue weighted by atomic mass is 10.2. The maximum atomic E-state index is 13.2. The van der Waals surface area contributed by atoms with Gasteiger partial charge < -0.3 is 0 Å². The second-order valence-electron chi connectivity index (χ2n) is 4.17. The monoisotopic (exact) mass is 403 g/mol. The van der Waals surface area contributed by atoms with Crippen LogP contribution in [0.15, 0.2) is 47.8 Å². The molecular weight excluding hydrogens is 396 g/mol. The van der Waals surface area contributed by atoms with Crippen LogP contribution in [0.5, 0.6) is 0 Å². The molecule has 6 heteroatoms. The minimum Gasteiger partial charge on any atom is -0.236 e. The van der Waals surface area contributed by atoms with Gasteiger partial charge in [-0.05, 0) is 30.3 Å². The largest absolute Gasteiger partial charge is 0.236 e. The Labute approximate surface area is 146 Å². The molecule has 0 spiro atoms. The van der Waals surface area contributed by atoms with E-state index in [-0.39, 0.29) is 22.0 Å². The predicted molar refractivity (Wildman–Crippen MR) is 93.3 cm³/mol. The zero-order valence-electron chi connectivity index (χ0n) is 10.5. The standard InChI is InChI=1S/C15H8Cl2FNS.BrH/c16-11-4-1-9(2-5-11)14-8-20-15(19-14)10-3-6-13(18)12(17)7-10;/h1-8H;1H. The molecule has 0 unspecified atom stereocenters. The van der Waals surface area contributed by atoms with E-state index in [0.717, 1.165) is 21.8 Å². The van der Waals surface area contributed by atoms with Gasteiger partial charge in [0.1, 0.15) is 10.8 Å². The van der Waals surface area contributed by atoms with Crippen molar-refractivity contribution in [3.05, 3.63) is 63.7 Å². The zero-order valence-corrected chi connectivity index (χ0v) is 14.6. The van der Waals surface area contributed by atoms with Gasteiger partial charge in [0.15, 0.2) is 0 Å². The van der Waals surface area contributed by atoms with E-state index in [4.69, 9.17) is 23.2 Å². The van der Waals surface area contributed by atoms with Crippen molar-refractivity contribution < 1.29 is 4.39 Å². The Balaban J connectivity index is 0.00000161. The molecule has 1 aromatic heterocycles. The van der Waals surface area contributed by atoms with Crippen LogP contribution >= 0.6 is 51.5 Å². The molecule has 0 aliphatic rings. The van der Waals surface area contributed by atoms with Gasteiger partial charge >= 0.3 is 0 Å². The summed E-state index contributed by atoms with van der Waals surface area (Å²) in [6, 6.07) is 12.1. The molecule has 3 aromatic rings. The van der Waals surface area contributed by atoms with Crippen molar-refractivity contribution in [1.82, 2.24) is 4.98 Å². The molecule has 0 aliphatic heterocycles. The minimum atomic E-state index is -0.426. The Morgan fingerprint density at radius 3 is 2.29 bits per heavy atom. The second kappa shape index (κ2) is 6.88. The van der Waals surface area contributed by atoms with Gasteiger partial charge in [0.05, 0.1) is 10.7 Å². The van der Waals surface area contributed by atoms with Crippen LogP contribution in [-0.4, -0.2) is 4.98 Å². The van der Waals surface area contributed by atoms with Crippen molar-refractivity contribution >= 4 is 51.5 Å². The molecule has 1 heterocycles. The summed E-state index contributed by atoms with van der Waals surface area (Å²) in [5.41, 5.74) is 2.66. The number of aromatic nitrogens is 1. The fourth-order valence-corrected chi connectivity index (χ4v) is 2.92. The third-order valence-electron chi connectivity index (χ3n) is 2.81. The lowest BCUT2D eigenvalue weighted by molar-refractivity contribution is 0.628. The fraction of sp³-hybridized carbons (Fsp3) is 0. The van der Waals surface area contributed by atoms with Gasteiger partial charge in [0, 0.05) is 21.5 Å². The number of hydrogen-bond acceptors (Lipinski definition) is 2. The predicted octanol–water partition coefficient (Wildman–Crippen LogP) is 6.50. The maximum absolute atomic E-state index is 13.2. The molecule has 0 fully saturated rings. The van der Waals surface area contributed by atoms with Crippen LogP contribution < -0.4 is 0 Å². The average Bonchev–Trinajstić information content (AvgIpc) is 2.92. The van der Waals surface area contributed by atoms with E-state index in [0.29, 0.717) is 5.02 Å². The molecule has 3 rings (SSSR count). The van der Waals surface area contributed by atoms with Crippen LogP contribution in [-0.2, 0) is 0 Å². The number of rotatable bonds is 2. The molecule has 0 saturated heterocycles. The van der Waals surface area contributed by atoms with E-state index >= 15 is 0 Å². The molecule has 0 N–H and O–H groups in total. The van der Waals surface area contributed by atoms with Gasteiger partial charge in [0.2, 0.25) is 0 Å². The van der Waals surface area contributed by atoms with Gasteiger partial charge in [-0.3, -0.25) is 0 Å². The highest BCUT2D eigenvalue weighted by atomic mass is 79.9. The molecule has 108 valence electrons. The molecule has 0 atom stereocenters. The SMILES string of the molecule is Br.Fc1ccc(-c2nc(-c3ccc(Cl)cc3)cs2)cc1Cl. The highest BCUT2D eigenvalue weighted by Crippen LogP contribution is 2.31. The first kappa shape index (κ1) is 16.4. The topological polar surface area (TPSA) is 12.9 Å². The van der Waals surface area contributed by atoms with Crippen LogP contribution in [0.3, 0.4) is 0 Å². The number of benzene rings is 2. The summed E-state index contributed by atoms with van der Waals surface area (Å²) in [6.07, 6.45) is 0. The van der Waals surface area contributed by atoms with Crippen LogP contribution in [0.1, 0.15) is 0 Å². The van der Waals surface area contributed by atoms with E-state index in [1.165, 1.54) is 17.4 Å². The van der Waals surface area contributed by atoms with E-state index in [2.05, 4.69) is 4.98 Å². The molecule has 0 radical (unpaired) electrons. The number of hydrogen-bond donors (Lipinski definition) is 0. The Bertz CT molecular complexity index is 759. The first-order chi connectivity index (χ1) is 9.63. The molecule has 0 bridgehead atoms. The number of thiazole rings is 1. The zero-order chi connectivity index (χ0) is 14.1. The number of nitrogens with zero attached hydrogens (tertiary/aromatic N) is 1. The van der Waals surface area contributed by atoms with Crippen molar-refractivity contribution in [3.63, 3.8) is 0 Å². The van der Waals surface area contributed by atoms with Crippen molar-refractivity contribution in [1.29, 1.82) is 0 Å². The first-order valence-electron chi connectivity index (χ1n) is 5.80. The summed E-state index contributed by atoms with van der Waals surface area (Å²) in [5, 5.41) is 3.55. The molecule has 0 saturated carbocycles. The minimum absolute atomic E-state index is 0. The molecule has 0 aliphatic carbocycles. The van der Waals surface area contributed by atoms with E-state index in [1.54, 1.807) is 12.1 Å². The smallest absolute Gasteiger partial charge is 0.141 e. The van der Waals surface area contributed by atoms with Gasteiger partial charge in [-0.1, -0.05) is 35.3 Å². The van der Waals surface area contributed by atoms with Crippen molar-refractivity contribution in [2.24, 2.45) is 0 Å². The maximum Gasteiger partial charge on any atom is 0.141 e. The van der Waals surface area contributed by atoms with Crippen molar-refractivity contribution in [3.8, 4) is 21.8 Å². The van der Waals surface area contributed by atoms with Crippen LogP contribution in [0.2, 0.25) is 10.0 Å². The van der Waals surface area contributed by atoms with Gasteiger partial charge in [0.25, 0.3) is 0 Å². The third-order valence-corrected chi connectivity index (χ3v) is 4.24.